The largest absolute Gasteiger partial charge is 0.457 e. The Morgan fingerprint density at radius 2 is 1.79 bits per heavy atom. The molecule has 0 N–H and O–H groups in total. The van der Waals surface area contributed by atoms with Gasteiger partial charge in [0.05, 0.1) is 6.42 Å². The monoisotopic (exact) mass is 252 g/mol. The Bertz CT molecular complexity index is 636. The molecular formula is C15H12N2O2. The summed E-state index contributed by atoms with van der Waals surface area (Å²) >= 11 is 0. The van der Waals surface area contributed by atoms with Gasteiger partial charge >= 0.3 is 0 Å². The first-order valence-corrected chi connectivity index (χ1v) is 5.97. The number of rotatable bonds is 4. The smallest absolute Gasteiger partial charge is 0.230 e. The number of hydrogen-bond donors (Lipinski definition) is 0. The van der Waals surface area contributed by atoms with E-state index in [9.17, 15) is 0 Å². The van der Waals surface area contributed by atoms with Gasteiger partial charge in [-0.3, -0.25) is 0 Å². The predicted octanol–water partition coefficient (Wildman–Crippen LogP) is 3.45. The molecule has 0 aliphatic rings. The van der Waals surface area contributed by atoms with Gasteiger partial charge in [0, 0.05) is 0 Å². The minimum absolute atomic E-state index is 0.594. The van der Waals surface area contributed by atoms with Gasteiger partial charge in [0.25, 0.3) is 0 Å². The van der Waals surface area contributed by atoms with Crippen LogP contribution >= 0.6 is 0 Å². The van der Waals surface area contributed by atoms with E-state index in [-0.39, 0.29) is 0 Å². The molecule has 0 saturated carbocycles. The third-order valence-electron chi connectivity index (χ3n) is 2.64. The lowest BCUT2D eigenvalue weighted by atomic mass is 10.1. The van der Waals surface area contributed by atoms with Crippen LogP contribution in [0.3, 0.4) is 0 Å². The Kier molecular flexibility index (Phi) is 3.23. The van der Waals surface area contributed by atoms with E-state index in [1.54, 1.807) is 0 Å². The van der Waals surface area contributed by atoms with Crippen LogP contribution in [0, 0.1) is 0 Å². The van der Waals surface area contributed by atoms with Crippen molar-refractivity contribution in [1.29, 1.82) is 0 Å². The van der Waals surface area contributed by atoms with Crippen LogP contribution in [0.15, 0.2) is 65.4 Å². The van der Waals surface area contributed by atoms with Crippen LogP contribution in [-0.4, -0.2) is 10.1 Å². The van der Waals surface area contributed by atoms with Crippen molar-refractivity contribution in [2.75, 3.05) is 0 Å². The van der Waals surface area contributed by atoms with Crippen LogP contribution in [-0.2, 0) is 6.42 Å². The summed E-state index contributed by atoms with van der Waals surface area (Å²) in [5, 5.41) is 3.59. The molecule has 3 aromatic rings. The number of nitrogens with zero attached hydrogens (tertiary/aromatic N) is 2. The average Bonchev–Trinajstić information content (AvgIpc) is 2.93. The van der Waals surface area contributed by atoms with Crippen molar-refractivity contribution in [1.82, 2.24) is 10.1 Å². The lowest BCUT2D eigenvalue weighted by Gasteiger charge is -2.06. The summed E-state index contributed by atoms with van der Waals surface area (Å²) in [4.78, 5) is 4.01. The minimum Gasteiger partial charge on any atom is -0.457 e. The molecule has 0 aliphatic carbocycles. The highest BCUT2D eigenvalue weighted by atomic mass is 16.5. The molecular weight excluding hydrogens is 240 g/mol. The normalized spacial score (nSPS) is 10.3. The fraction of sp³-hybridized carbons (Fsp3) is 0.0667. The van der Waals surface area contributed by atoms with E-state index in [4.69, 9.17) is 9.26 Å². The molecule has 0 unspecified atom stereocenters. The molecule has 1 aromatic heterocycles. The van der Waals surface area contributed by atoms with Gasteiger partial charge in [-0.15, -0.1) is 0 Å². The number of ether oxygens (including phenoxy) is 1. The Hall–Kier alpha value is -2.62. The first kappa shape index (κ1) is 11.5. The maximum Gasteiger partial charge on any atom is 0.230 e. The molecule has 94 valence electrons. The molecule has 1 heterocycles. The van der Waals surface area contributed by atoms with E-state index in [0.29, 0.717) is 12.3 Å². The van der Waals surface area contributed by atoms with Crippen molar-refractivity contribution < 1.29 is 9.26 Å². The van der Waals surface area contributed by atoms with E-state index in [1.807, 2.05) is 54.6 Å². The van der Waals surface area contributed by atoms with Crippen molar-refractivity contribution in [2.45, 2.75) is 6.42 Å². The molecule has 0 amide bonds. The fourth-order valence-electron chi connectivity index (χ4n) is 1.79. The van der Waals surface area contributed by atoms with Gasteiger partial charge < -0.3 is 9.26 Å². The van der Waals surface area contributed by atoms with Crippen LogP contribution in [0.1, 0.15) is 11.5 Å². The highest BCUT2D eigenvalue weighted by Gasteiger charge is 2.03. The zero-order valence-electron chi connectivity index (χ0n) is 10.2. The molecule has 3 rings (SSSR count). The summed E-state index contributed by atoms with van der Waals surface area (Å²) in [5.74, 6) is 2.21. The van der Waals surface area contributed by atoms with Crippen molar-refractivity contribution in [3.8, 4) is 11.5 Å². The highest BCUT2D eigenvalue weighted by Crippen LogP contribution is 2.22. The van der Waals surface area contributed by atoms with E-state index < -0.39 is 0 Å². The van der Waals surface area contributed by atoms with Gasteiger partial charge in [0.15, 0.2) is 6.33 Å². The standard InChI is InChI=1S/C15H12N2O2/c1-2-6-13(7-3-1)18-14-8-4-5-12(9-14)10-15-16-11-17-19-15/h1-9,11H,10H2. The zero-order chi connectivity index (χ0) is 12.9. The minimum atomic E-state index is 0.594. The lowest BCUT2D eigenvalue weighted by molar-refractivity contribution is 0.384. The molecule has 0 saturated heterocycles. The Labute approximate surface area is 110 Å². The third kappa shape index (κ3) is 2.98. The average molecular weight is 252 g/mol. The van der Waals surface area contributed by atoms with Gasteiger partial charge in [-0.05, 0) is 29.8 Å². The fourth-order valence-corrected chi connectivity index (χ4v) is 1.79. The number of hydrogen-bond acceptors (Lipinski definition) is 4. The van der Waals surface area contributed by atoms with Crippen LogP contribution in [0.5, 0.6) is 11.5 Å². The highest BCUT2D eigenvalue weighted by molar-refractivity contribution is 5.34. The molecule has 0 spiro atoms. The topological polar surface area (TPSA) is 48.2 Å². The molecule has 2 aromatic carbocycles. The molecule has 0 bridgehead atoms. The van der Waals surface area contributed by atoms with Crippen molar-refractivity contribution >= 4 is 0 Å². The van der Waals surface area contributed by atoms with Crippen LogP contribution in [0.4, 0.5) is 0 Å². The van der Waals surface area contributed by atoms with Crippen molar-refractivity contribution in [3.63, 3.8) is 0 Å². The first-order chi connectivity index (χ1) is 9.40. The van der Waals surface area contributed by atoms with Crippen LogP contribution in [0.25, 0.3) is 0 Å². The van der Waals surface area contributed by atoms with Crippen molar-refractivity contribution in [2.24, 2.45) is 0 Å². The summed E-state index contributed by atoms with van der Waals surface area (Å²) in [5.41, 5.74) is 1.07. The number of benzene rings is 2. The molecule has 0 aliphatic heterocycles. The lowest BCUT2D eigenvalue weighted by Crippen LogP contribution is -1.90. The second kappa shape index (κ2) is 5.35. The molecule has 4 heteroatoms. The van der Waals surface area contributed by atoms with E-state index in [0.717, 1.165) is 17.1 Å². The third-order valence-corrected chi connectivity index (χ3v) is 2.64. The molecule has 0 fully saturated rings. The van der Waals surface area contributed by atoms with Gasteiger partial charge in [-0.25, -0.2) is 0 Å². The van der Waals surface area contributed by atoms with Crippen LogP contribution in [0.2, 0.25) is 0 Å². The SMILES string of the molecule is c1ccc(Oc2cccc(Cc3ncno3)c2)cc1. The van der Waals surface area contributed by atoms with Gasteiger partial charge in [-0.1, -0.05) is 35.5 Å². The second-order valence-electron chi connectivity index (χ2n) is 4.07. The van der Waals surface area contributed by atoms with E-state index in [1.165, 1.54) is 6.33 Å². The number of para-hydroxylation sites is 1. The molecule has 4 nitrogen and oxygen atoms in total. The summed E-state index contributed by atoms with van der Waals surface area (Å²) in [6.07, 6.45) is 2.01. The zero-order valence-corrected chi connectivity index (χ0v) is 10.2. The predicted molar refractivity (Wildman–Crippen MR) is 70.1 cm³/mol. The Morgan fingerprint density at radius 1 is 0.947 bits per heavy atom. The van der Waals surface area contributed by atoms with Crippen molar-refractivity contribution in [3.05, 3.63) is 72.4 Å². The summed E-state index contributed by atoms with van der Waals surface area (Å²) in [6.45, 7) is 0. The maximum atomic E-state index is 5.77. The quantitative estimate of drug-likeness (QED) is 0.713. The van der Waals surface area contributed by atoms with Crippen LogP contribution < -0.4 is 4.74 Å². The summed E-state index contributed by atoms with van der Waals surface area (Å²) in [6, 6.07) is 17.5. The van der Waals surface area contributed by atoms with E-state index in [2.05, 4.69) is 10.1 Å². The number of aromatic nitrogens is 2. The molecule has 19 heavy (non-hydrogen) atoms. The van der Waals surface area contributed by atoms with Gasteiger partial charge in [0.1, 0.15) is 11.5 Å². The van der Waals surface area contributed by atoms with Gasteiger partial charge in [0.2, 0.25) is 5.89 Å². The Morgan fingerprint density at radius 3 is 2.58 bits per heavy atom. The van der Waals surface area contributed by atoms with Gasteiger partial charge in [-0.2, -0.15) is 4.98 Å². The molecule has 0 atom stereocenters. The first-order valence-electron chi connectivity index (χ1n) is 5.97. The maximum absolute atomic E-state index is 5.77. The van der Waals surface area contributed by atoms with E-state index >= 15 is 0 Å². The summed E-state index contributed by atoms with van der Waals surface area (Å²) < 4.78 is 10.8. The Balaban J connectivity index is 1.76. The second-order valence-corrected chi connectivity index (χ2v) is 4.07. The summed E-state index contributed by atoms with van der Waals surface area (Å²) in [7, 11) is 0. The molecule has 0 radical (unpaired) electrons.